The van der Waals surface area contributed by atoms with Gasteiger partial charge in [-0.25, -0.2) is 14.5 Å². The fourth-order valence-electron chi connectivity index (χ4n) is 3.43. The summed E-state index contributed by atoms with van der Waals surface area (Å²) >= 11 is 0. The van der Waals surface area contributed by atoms with Crippen LogP contribution < -0.4 is 5.32 Å². The Morgan fingerprint density at radius 1 is 1.42 bits per heavy atom. The summed E-state index contributed by atoms with van der Waals surface area (Å²) in [6, 6.07) is 6.79. The van der Waals surface area contributed by atoms with Crippen LogP contribution in [0.4, 0.5) is 0 Å². The summed E-state index contributed by atoms with van der Waals surface area (Å²) in [6.07, 6.45) is 2.94. The largest absolute Gasteiger partial charge is 0.479 e. The number of aromatic nitrogens is 3. The van der Waals surface area contributed by atoms with Crippen LogP contribution in [-0.4, -0.2) is 50.0 Å². The van der Waals surface area contributed by atoms with Crippen LogP contribution in [0.2, 0.25) is 0 Å². The van der Waals surface area contributed by atoms with Gasteiger partial charge in [0.25, 0.3) is 5.91 Å². The number of nitrogens with one attached hydrogen (secondary N) is 1. The fourth-order valence-corrected chi connectivity index (χ4v) is 3.43. The Kier molecular flexibility index (Phi) is 4.53. The molecule has 3 rings (SSSR count). The van der Waals surface area contributed by atoms with E-state index in [-0.39, 0.29) is 12.5 Å². The molecule has 1 saturated carbocycles. The van der Waals surface area contributed by atoms with Crippen LogP contribution in [0.1, 0.15) is 37.6 Å². The molecular weight excluding hydrogens is 336 g/mol. The van der Waals surface area contributed by atoms with Crippen molar-refractivity contribution in [3.63, 3.8) is 0 Å². The van der Waals surface area contributed by atoms with E-state index in [0.717, 1.165) is 0 Å². The van der Waals surface area contributed by atoms with Gasteiger partial charge in [-0.2, -0.15) is 5.10 Å². The molecule has 2 atom stereocenters. The van der Waals surface area contributed by atoms with E-state index in [0.29, 0.717) is 17.9 Å². The molecule has 0 spiro atoms. The highest BCUT2D eigenvalue weighted by Gasteiger charge is 2.66. The lowest BCUT2D eigenvalue weighted by atomic mass is 9.54. The highest BCUT2D eigenvalue weighted by Crippen LogP contribution is 2.51. The Bertz CT molecular complexity index is 818. The summed E-state index contributed by atoms with van der Waals surface area (Å²) in [5.41, 5.74) is -1.07. The van der Waals surface area contributed by atoms with Crippen molar-refractivity contribution in [1.82, 2.24) is 20.1 Å². The van der Waals surface area contributed by atoms with Crippen LogP contribution in [0, 0.1) is 5.41 Å². The number of benzene rings is 1. The number of hydrogen-bond donors (Lipinski definition) is 2. The molecule has 26 heavy (non-hydrogen) atoms. The topological polar surface area (TPSA) is 106 Å². The molecule has 1 aromatic carbocycles. The fraction of sp³-hybridized carbons (Fsp3) is 0.444. The second-order valence-corrected chi connectivity index (χ2v) is 6.92. The molecule has 2 unspecified atom stereocenters. The van der Waals surface area contributed by atoms with Crippen molar-refractivity contribution in [3.05, 3.63) is 42.5 Å². The lowest BCUT2D eigenvalue weighted by Gasteiger charge is -2.58. The Balaban J connectivity index is 1.84. The lowest BCUT2D eigenvalue weighted by Crippen LogP contribution is -2.76. The third kappa shape index (κ3) is 2.76. The Morgan fingerprint density at radius 3 is 2.77 bits per heavy atom. The number of hydrogen-bond acceptors (Lipinski definition) is 5. The Labute approximate surface area is 151 Å². The van der Waals surface area contributed by atoms with Crippen LogP contribution in [0.25, 0.3) is 5.69 Å². The van der Waals surface area contributed by atoms with Crippen molar-refractivity contribution in [1.29, 1.82) is 0 Å². The van der Waals surface area contributed by atoms with Gasteiger partial charge in [-0.05, 0) is 25.1 Å². The molecule has 8 heteroatoms. The average Bonchev–Trinajstić information content (AvgIpc) is 3.15. The van der Waals surface area contributed by atoms with Crippen molar-refractivity contribution in [2.45, 2.75) is 38.8 Å². The minimum Gasteiger partial charge on any atom is -0.479 e. The highest BCUT2D eigenvalue weighted by atomic mass is 16.5. The number of carboxylic acids is 1. The first-order valence-electron chi connectivity index (χ1n) is 8.44. The van der Waals surface area contributed by atoms with Gasteiger partial charge < -0.3 is 15.2 Å². The van der Waals surface area contributed by atoms with Gasteiger partial charge in [0.2, 0.25) is 0 Å². The molecule has 138 valence electrons. The molecule has 0 saturated heterocycles. The first-order valence-corrected chi connectivity index (χ1v) is 8.44. The summed E-state index contributed by atoms with van der Waals surface area (Å²) in [5, 5.41) is 16.6. The van der Waals surface area contributed by atoms with Crippen LogP contribution in [-0.2, 0) is 9.53 Å². The van der Waals surface area contributed by atoms with E-state index in [4.69, 9.17) is 4.74 Å². The van der Waals surface area contributed by atoms with Crippen molar-refractivity contribution in [3.8, 4) is 5.69 Å². The monoisotopic (exact) mass is 358 g/mol. The van der Waals surface area contributed by atoms with E-state index in [1.54, 1.807) is 38.1 Å². The highest BCUT2D eigenvalue weighted by molar-refractivity contribution is 5.99. The van der Waals surface area contributed by atoms with Gasteiger partial charge in [0, 0.05) is 24.0 Å². The van der Waals surface area contributed by atoms with Gasteiger partial charge >= 0.3 is 5.97 Å². The number of rotatable bonds is 6. The van der Waals surface area contributed by atoms with E-state index in [1.807, 2.05) is 6.92 Å². The summed E-state index contributed by atoms with van der Waals surface area (Å²) < 4.78 is 7.15. The summed E-state index contributed by atoms with van der Waals surface area (Å²) in [4.78, 5) is 28.7. The zero-order valence-electron chi connectivity index (χ0n) is 15.0. The molecule has 1 aliphatic rings. The predicted molar refractivity (Wildman–Crippen MR) is 93.0 cm³/mol. The number of carbonyl (C=O) groups excluding carboxylic acids is 1. The van der Waals surface area contributed by atoms with Gasteiger partial charge in [-0.1, -0.05) is 19.9 Å². The van der Waals surface area contributed by atoms with Gasteiger partial charge in [0.05, 0.1) is 11.8 Å². The smallest absolute Gasteiger partial charge is 0.330 e. The molecule has 2 N–H and O–H groups in total. The maximum atomic E-state index is 12.8. The standard InChI is InChI=1S/C18H22N4O4/c1-4-26-14-9-18(16(24)25,17(14,2)3)21-15(23)12-6-5-7-13(8-12)22-11-19-10-20-22/h5-8,10-11,14H,4,9H2,1-3H3,(H,21,23)(H,24,25). The van der Waals surface area contributed by atoms with E-state index >= 15 is 0 Å². The number of ether oxygens (including phenoxy) is 1. The van der Waals surface area contributed by atoms with Crippen LogP contribution in [0.15, 0.2) is 36.9 Å². The third-order valence-electron chi connectivity index (χ3n) is 5.25. The van der Waals surface area contributed by atoms with Gasteiger partial charge in [-0.3, -0.25) is 4.79 Å². The molecule has 1 heterocycles. The Morgan fingerprint density at radius 2 is 2.19 bits per heavy atom. The number of amides is 1. The normalized spacial score (nSPS) is 23.9. The molecule has 8 nitrogen and oxygen atoms in total. The summed E-state index contributed by atoms with van der Waals surface area (Å²) in [6.45, 7) is 5.97. The van der Waals surface area contributed by atoms with Crippen LogP contribution in [0.5, 0.6) is 0 Å². The number of aliphatic carboxylic acids is 1. The van der Waals surface area contributed by atoms with Gasteiger partial charge in [-0.15, -0.1) is 0 Å². The second kappa shape index (κ2) is 6.53. The molecule has 1 aliphatic carbocycles. The van der Waals surface area contributed by atoms with E-state index < -0.39 is 22.8 Å². The zero-order valence-corrected chi connectivity index (χ0v) is 15.0. The predicted octanol–water partition coefficient (Wildman–Crippen LogP) is 1.66. The van der Waals surface area contributed by atoms with Crippen LogP contribution >= 0.6 is 0 Å². The van der Waals surface area contributed by atoms with Crippen LogP contribution in [0.3, 0.4) is 0 Å². The molecule has 0 bridgehead atoms. The molecule has 0 radical (unpaired) electrons. The second-order valence-electron chi connectivity index (χ2n) is 6.92. The van der Waals surface area contributed by atoms with Crippen molar-refractivity contribution < 1.29 is 19.4 Å². The maximum Gasteiger partial charge on any atom is 0.330 e. The maximum absolute atomic E-state index is 12.8. The lowest BCUT2D eigenvalue weighted by molar-refractivity contribution is -0.190. The summed E-state index contributed by atoms with van der Waals surface area (Å²) in [7, 11) is 0. The van der Waals surface area contributed by atoms with Crippen molar-refractivity contribution in [2.75, 3.05) is 6.61 Å². The first kappa shape index (κ1) is 18.1. The molecule has 2 aromatic rings. The number of nitrogens with zero attached hydrogens (tertiary/aromatic N) is 3. The molecule has 0 aliphatic heterocycles. The van der Waals surface area contributed by atoms with E-state index in [2.05, 4.69) is 15.4 Å². The average molecular weight is 358 g/mol. The minimum absolute atomic E-state index is 0.217. The summed E-state index contributed by atoms with van der Waals surface area (Å²) in [5.74, 6) is -1.50. The minimum atomic E-state index is -1.37. The SMILES string of the molecule is CCOC1CC(NC(=O)c2cccc(-n3cncn3)c2)(C(=O)O)C1(C)C. The number of carboxylic acid groups (broad SMARTS) is 1. The van der Waals surface area contributed by atoms with Crippen molar-refractivity contribution >= 4 is 11.9 Å². The zero-order chi connectivity index (χ0) is 18.9. The van der Waals surface area contributed by atoms with Crippen molar-refractivity contribution in [2.24, 2.45) is 5.41 Å². The van der Waals surface area contributed by atoms with Gasteiger partial charge in [0.15, 0.2) is 0 Å². The molecule has 1 fully saturated rings. The van der Waals surface area contributed by atoms with E-state index in [9.17, 15) is 14.7 Å². The molecule has 1 amide bonds. The molecular formula is C18H22N4O4. The number of carbonyl (C=O) groups is 2. The first-order chi connectivity index (χ1) is 12.3. The van der Waals surface area contributed by atoms with E-state index in [1.165, 1.54) is 17.3 Å². The molecule has 1 aromatic heterocycles. The van der Waals surface area contributed by atoms with Gasteiger partial charge in [0.1, 0.15) is 18.2 Å². The Hall–Kier alpha value is -2.74. The quantitative estimate of drug-likeness (QED) is 0.813. The third-order valence-corrected chi connectivity index (χ3v) is 5.25.